The van der Waals surface area contributed by atoms with Gasteiger partial charge in [0.05, 0.1) is 11.2 Å². The fourth-order valence-electron chi connectivity index (χ4n) is 2.76. The minimum Gasteiger partial charge on any atom is -0.399 e. The Balaban J connectivity index is 0.000000299. The van der Waals surface area contributed by atoms with E-state index in [-0.39, 0.29) is 18.3 Å². The highest BCUT2D eigenvalue weighted by Gasteiger charge is 2.51. The van der Waals surface area contributed by atoms with Gasteiger partial charge in [-0.25, -0.2) is 0 Å². The van der Waals surface area contributed by atoms with Gasteiger partial charge >= 0.3 is 7.12 Å². The molecule has 5 heteroatoms. The standard InChI is InChI=1S/C17H22BNO2.C5H5N/c1-16(2)17(3,4)21-18(20-16)15-9-7-14(8-10-15)13-19-11-5-6-12-19;1-2-4-6-5-3-1/h5-12H,13H2,1-4H3;1-5H. The predicted octanol–water partition coefficient (Wildman–Crippen LogP) is 3.92. The summed E-state index contributed by atoms with van der Waals surface area (Å²) in [5.41, 5.74) is 1.76. The number of hydrogen-bond donors (Lipinski definition) is 0. The van der Waals surface area contributed by atoms with Crippen LogP contribution in [-0.2, 0) is 15.9 Å². The molecule has 3 heterocycles. The van der Waals surface area contributed by atoms with Crippen molar-refractivity contribution in [3.8, 4) is 0 Å². The van der Waals surface area contributed by atoms with E-state index in [4.69, 9.17) is 9.31 Å². The Morgan fingerprint density at radius 1 is 0.815 bits per heavy atom. The van der Waals surface area contributed by atoms with Crippen LogP contribution in [0.4, 0.5) is 0 Å². The molecule has 2 aromatic heterocycles. The van der Waals surface area contributed by atoms with Gasteiger partial charge in [-0.3, -0.25) is 4.98 Å². The third kappa shape index (κ3) is 4.88. The van der Waals surface area contributed by atoms with Crippen molar-refractivity contribution in [1.29, 1.82) is 0 Å². The number of rotatable bonds is 3. The van der Waals surface area contributed by atoms with Gasteiger partial charge in [-0.1, -0.05) is 30.3 Å². The molecular formula is C22H27BN2O2. The first-order chi connectivity index (χ1) is 12.9. The highest BCUT2D eigenvalue weighted by atomic mass is 16.7. The lowest BCUT2D eigenvalue weighted by Crippen LogP contribution is -2.41. The molecule has 4 nitrogen and oxygen atoms in total. The van der Waals surface area contributed by atoms with E-state index in [1.165, 1.54) is 5.56 Å². The van der Waals surface area contributed by atoms with Gasteiger partial charge in [0.25, 0.3) is 0 Å². The van der Waals surface area contributed by atoms with Crippen LogP contribution in [-0.4, -0.2) is 27.9 Å². The Bertz CT molecular complexity index is 773. The van der Waals surface area contributed by atoms with Crippen molar-refractivity contribution >= 4 is 12.6 Å². The topological polar surface area (TPSA) is 36.3 Å². The zero-order valence-corrected chi connectivity index (χ0v) is 16.5. The fraction of sp³-hybridized carbons (Fsp3) is 0.318. The summed E-state index contributed by atoms with van der Waals surface area (Å²) in [6.07, 6.45) is 7.64. The average Bonchev–Trinajstić information content (AvgIpc) is 3.23. The molecule has 0 atom stereocenters. The van der Waals surface area contributed by atoms with Crippen molar-refractivity contribution in [3.05, 3.63) is 84.9 Å². The number of aromatic nitrogens is 2. The molecule has 0 amide bonds. The SMILES string of the molecule is CC1(C)OB(c2ccc(Cn3cccc3)cc2)OC1(C)C.c1ccncc1. The maximum atomic E-state index is 6.07. The van der Waals surface area contributed by atoms with Gasteiger partial charge in [0, 0.05) is 31.3 Å². The summed E-state index contributed by atoms with van der Waals surface area (Å²) in [6, 6.07) is 18.3. The molecular weight excluding hydrogens is 335 g/mol. The van der Waals surface area contributed by atoms with Crippen molar-refractivity contribution in [2.45, 2.75) is 45.4 Å². The zero-order chi connectivity index (χ0) is 19.3. The summed E-state index contributed by atoms with van der Waals surface area (Å²) in [4.78, 5) is 3.78. The quantitative estimate of drug-likeness (QED) is 0.663. The van der Waals surface area contributed by atoms with Gasteiger partial charge in [0.2, 0.25) is 0 Å². The van der Waals surface area contributed by atoms with E-state index in [9.17, 15) is 0 Å². The summed E-state index contributed by atoms with van der Waals surface area (Å²) in [7, 11) is -0.282. The van der Waals surface area contributed by atoms with Gasteiger partial charge in [0.1, 0.15) is 0 Å². The van der Waals surface area contributed by atoms with Crippen LogP contribution in [0.1, 0.15) is 33.3 Å². The Morgan fingerprint density at radius 3 is 1.81 bits per heavy atom. The minimum absolute atomic E-state index is 0.282. The van der Waals surface area contributed by atoms with Crippen molar-refractivity contribution in [1.82, 2.24) is 9.55 Å². The summed E-state index contributed by atoms with van der Waals surface area (Å²) in [5.74, 6) is 0. The Hall–Kier alpha value is -2.37. The van der Waals surface area contributed by atoms with Crippen molar-refractivity contribution in [2.75, 3.05) is 0 Å². The van der Waals surface area contributed by atoms with Crippen LogP contribution in [0.15, 0.2) is 79.4 Å². The van der Waals surface area contributed by atoms with Crippen molar-refractivity contribution in [3.63, 3.8) is 0 Å². The predicted molar refractivity (Wildman–Crippen MR) is 110 cm³/mol. The van der Waals surface area contributed by atoms with Gasteiger partial charge in [-0.15, -0.1) is 0 Å². The molecule has 0 bridgehead atoms. The van der Waals surface area contributed by atoms with E-state index in [1.54, 1.807) is 12.4 Å². The Kier molecular flexibility index (Phi) is 5.83. The summed E-state index contributed by atoms with van der Waals surface area (Å²) >= 11 is 0. The fourth-order valence-corrected chi connectivity index (χ4v) is 2.76. The molecule has 1 saturated heterocycles. The molecule has 140 valence electrons. The van der Waals surface area contributed by atoms with Crippen molar-refractivity contribution < 1.29 is 9.31 Å². The highest BCUT2D eigenvalue weighted by molar-refractivity contribution is 6.62. The lowest BCUT2D eigenvalue weighted by atomic mass is 9.79. The van der Waals surface area contributed by atoms with Crippen LogP contribution in [0.25, 0.3) is 0 Å². The van der Waals surface area contributed by atoms with Crippen LogP contribution in [0, 0.1) is 0 Å². The smallest absolute Gasteiger partial charge is 0.399 e. The monoisotopic (exact) mass is 362 g/mol. The minimum atomic E-state index is -0.290. The van der Waals surface area contributed by atoms with Gasteiger partial charge in [-0.2, -0.15) is 0 Å². The Labute approximate surface area is 162 Å². The maximum absolute atomic E-state index is 6.07. The molecule has 1 aliphatic heterocycles. The third-order valence-corrected chi connectivity index (χ3v) is 5.10. The molecule has 27 heavy (non-hydrogen) atoms. The number of pyridine rings is 1. The Morgan fingerprint density at radius 2 is 1.37 bits per heavy atom. The normalized spacial score (nSPS) is 17.3. The van der Waals surface area contributed by atoms with E-state index in [1.807, 2.05) is 30.3 Å². The molecule has 4 rings (SSSR count). The summed E-state index contributed by atoms with van der Waals surface area (Å²) in [5, 5.41) is 0. The largest absolute Gasteiger partial charge is 0.494 e. The second-order valence-corrected chi connectivity index (χ2v) is 7.71. The van der Waals surface area contributed by atoms with Gasteiger partial charge in [0.15, 0.2) is 0 Å². The summed E-state index contributed by atoms with van der Waals surface area (Å²) in [6.45, 7) is 9.19. The van der Waals surface area contributed by atoms with Crippen LogP contribution in [0.3, 0.4) is 0 Å². The second kappa shape index (κ2) is 8.11. The van der Waals surface area contributed by atoms with E-state index in [2.05, 4.69) is 73.9 Å². The van der Waals surface area contributed by atoms with Crippen LogP contribution in [0.5, 0.6) is 0 Å². The molecule has 0 aliphatic carbocycles. The molecule has 0 unspecified atom stereocenters. The molecule has 0 radical (unpaired) electrons. The van der Waals surface area contributed by atoms with E-state index in [0.29, 0.717) is 0 Å². The number of hydrogen-bond acceptors (Lipinski definition) is 3. The number of nitrogens with zero attached hydrogens (tertiary/aromatic N) is 2. The van der Waals surface area contributed by atoms with E-state index >= 15 is 0 Å². The van der Waals surface area contributed by atoms with Crippen molar-refractivity contribution in [2.24, 2.45) is 0 Å². The molecule has 0 spiro atoms. The molecule has 0 saturated carbocycles. The van der Waals surface area contributed by atoms with Crippen LogP contribution in [0.2, 0.25) is 0 Å². The third-order valence-electron chi connectivity index (χ3n) is 5.10. The molecule has 0 N–H and O–H groups in total. The second-order valence-electron chi connectivity index (χ2n) is 7.71. The lowest BCUT2D eigenvalue weighted by molar-refractivity contribution is 0.00578. The summed E-state index contributed by atoms with van der Waals surface area (Å²) < 4.78 is 14.3. The molecule has 1 aliphatic rings. The first-order valence-corrected chi connectivity index (χ1v) is 9.28. The van der Waals surface area contributed by atoms with Gasteiger partial charge in [-0.05, 0) is 63.0 Å². The molecule has 1 aromatic carbocycles. The first-order valence-electron chi connectivity index (χ1n) is 9.28. The number of benzene rings is 1. The zero-order valence-electron chi connectivity index (χ0n) is 16.5. The van der Waals surface area contributed by atoms with Gasteiger partial charge < -0.3 is 13.9 Å². The highest BCUT2D eigenvalue weighted by Crippen LogP contribution is 2.36. The van der Waals surface area contributed by atoms with Crippen LogP contribution < -0.4 is 5.46 Å². The first kappa shape index (κ1) is 19.4. The van der Waals surface area contributed by atoms with Crippen LogP contribution >= 0.6 is 0 Å². The van der Waals surface area contributed by atoms with E-state index < -0.39 is 0 Å². The maximum Gasteiger partial charge on any atom is 0.494 e. The molecule has 1 fully saturated rings. The molecule has 3 aromatic rings. The lowest BCUT2D eigenvalue weighted by Gasteiger charge is -2.32. The van der Waals surface area contributed by atoms with E-state index in [0.717, 1.165) is 12.0 Å². The average molecular weight is 362 g/mol.